The summed E-state index contributed by atoms with van der Waals surface area (Å²) in [5.41, 5.74) is -0.0791. The molecule has 0 amide bonds. The van der Waals surface area contributed by atoms with Crippen molar-refractivity contribution in [3.8, 4) is 0 Å². The van der Waals surface area contributed by atoms with Crippen LogP contribution in [0.15, 0.2) is 46.2 Å². The highest BCUT2D eigenvalue weighted by atomic mass is 16.4. The Labute approximate surface area is 149 Å². The second-order valence-electron chi connectivity index (χ2n) is 6.58. The molecule has 0 bridgehead atoms. The summed E-state index contributed by atoms with van der Waals surface area (Å²) in [6.45, 7) is 3.90. The lowest BCUT2D eigenvalue weighted by Gasteiger charge is -2.13. The summed E-state index contributed by atoms with van der Waals surface area (Å²) in [7, 11) is 0. The number of carbonyl (C=O) groups is 1. The Morgan fingerprint density at radius 3 is 2.46 bits per heavy atom. The average Bonchev–Trinajstić information content (AvgIpc) is 2.99. The molecule has 26 heavy (non-hydrogen) atoms. The van der Waals surface area contributed by atoms with E-state index < -0.39 is 23.8 Å². The third-order valence-electron chi connectivity index (χ3n) is 4.02. The lowest BCUT2D eigenvalue weighted by molar-refractivity contribution is -0.306. The number of nitrogens with zero attached hydrogens (tertiary/aromatic N) is 4. The molecule has 0 aliphatic heterocycles. The first-order valence-corrected chi connectivity index (χ1v) is 8.30. The van der Waals surface area contributed by atoms with E-state index in [1.165, 1.54) is 10.9 Å². The van der Waals surface area contributed by atoms with Gasteiger partial charge in [0.25, 0.3) is 5.56 Å². The van der Waals surface area contributed by atoms with E-state index in [-0.39, 0.29) is 23.6 Å². The highest BCUT2D eigenvalue weighted by Crippen LogP contribution is 2.11. The summed E-state index contributed by atoms with van der Waals surface area (Å²) in [4.78, 5) is 40.8. The molecule has 0 radical (unpaired) electrons. The van der Waals surface area contributed by atoms with Crippen molar-refractivity contribution in [2.24, 2.45) is 5.92 Å². The van der Waals surface area contributed by atoms with Crippen molar-refractivity contribution in [1.29, 1.82) is 0 Å². The molecule has 2 aromatic heterocycles. The van der Waals surface area contributed by atoms with Gasteiger partial charge in [0.15, 0.2) is 11.2 Å². The quantitative estimate of drug-likeness (QED) is 0.610. The number of imidazole rings is 1. The Kier molecular flexibility index (Phi) is 4.75. The van der Waals surface area contributed by atoms with Crippen molar-refractivity contribution < 1.29 is 9.90 Å². The SMILES string of the molecule is CC(C)Cn1cnc2c1c(=O)n(CC(=O)[O-])c(=O)n2Cc1ccccc1. The number of aromatic nitrogens is 4. The van der Waals surface area contributed by atoms with Crippen molar-refractivity contribution in [3.05, 3.63) is 63.1 Å². The van der Waals surface area contributed by atoms with Gasteiger partial charge in [0.05, 0.1) is 25.4 Å². The second kappa shape index (κ2) is 6.99. The monoisotopic (exact) mass is 355 g/mol. The largest absolute Gasteiger partial charge is 0.548 e. The molecule has 0 saturated carbocycles. The van der Waals surface area contributed by atoms with Gasteiger partial charge in [-0.2, -0.15) is 0 Å². The molecule has 8 nitrogen and oxygen atoms in total. The van der Waals surface area contributed by atoms with E-state index in [0.717, 1.165) is 5.56 Å². The van der Waals surface area contributed by atoms with Crippen LogP contribution in [-0.2, 0) is 24.4 Å². The lowest BCUT2D eigenvalue weighted by atomic mass is 10.2. The fourth-order valence-corrected chi connectivity index (χ4v) is 2.95. The average molecular weight is 355 g/mol. The van der Waals surface area contributed by atoms with Crippen LogP contribution in [0.25, 0.3) is 11.2 Å². The molecule has 1 aromatic carbocycles. The first-order chi connectivity index (χ1) is 12.4. The second-order valence-corrected chi connectivity index (χ2v) is 6.58. The van der Waals surface area contributed by atoms with Crippen molar-refractivity contribution >= 4 is 17.1 Å². The van der Waals surface area contributed by atoms with Crippen LogP contribution < -0.4 is 16.4 Å². The van der Waals surface area contributed by atoms with Crippen molar-refractivity contribution in [2.75, 3.05) is 0 Å². The molecule has 0 aliphatic carbocycles. The summed E-state index contributed by atoms with van der Waals surface area (Å²) in [6, 6.07) is 9.23. The van der Waals surface area contributed by atoms with Crippen molar-refractivity contribution in [2.45, 2.75) is 33.5 Å². The number of carboxylic acids is 1. The van der Waals surface area contributed by atoms with Crippen molar-refractivity contribution in [1.82, 2.24) is 18.7 Å². The van der Waals surface area contributed by atoms with Gasteiger partial charge in [0, 0.05) is 6.54 Å². The van der Waals surface area contributed by atoms with Gasteiger partial charge < -0.3 is 14.5 Å². The smallest absolute Gasteiger partial charge is 0.333 e. The Morgan fingerprint density at radius 2 is 1.85 bits per heavy atom. The number of benzene rings is 1. The summed E-state index contributed by atoms with van der Waals surface area (Å²) >= 11 is 0. The topological polar surface area (TPSA) is 102 Å². The number of carboxylic acid groups (broad SMARTS) is 1. The van der Waals surface area contributed by atoms with E-state index in [9.17, 15) is 19.5 Å². The third-order valence-corrected chi connectivity index (χ3v) is 4.02. The zero-order valence-corrected chi connectivity index (χ0v) is 14.6. The molecule has 0 atom stereocenters. The molecule has 2 heterocycles. The zero-order chi connectivity index (χ0) is 18.8. The number of aliphatic carboxylic acids is 1. The van der Waals surface area contributed by atoms with Crippen LogP contribution in [0.1, 0.15) is 19.4 Å². The molecule has 0 N–H and O–H groups in total. The third kappa shape index (κ3) is 3.30. The van der Waals surface area contributed by atoms with E-state index in [0.29, 0.717) is 11.1 Å². The van der Waals surface area contributed by atoms with Gasteiger partial charge in [0.2, 0.25) is 0 Å². The minimum Gasteiger partial charge on any atom is -0.548 e. The Balaban J connectivity index is 2.28. The van der Waals surface area contributed by atoms with Crippen LogP contribution in [0.5, 0.6) is 0 Å². The normalized spacial score (nSPS) is 11.3. The van der Waals surface area contributed by atoms with E-state index in [1.54, 1.807) is 4.57 Å². The predicted octanol–water partition coefficient (Wildman–Crippen LogP) is -0.186. The van der Waals surface area contributed by atoms with Crippen LogP contribution in [0.4, 0.5) is 0 Å². The first kappa shape index (κ1) is 17.7. The maximum atomic E-state index is 12.8. The van der Waals surface area contributed by atoms with Crippen LogP contribution >= 0.6 is 0 Å². The van der Waals surface area contributed by atoms with Crippen LogP contribution in [0.2, 0.25) is 0 Å². The summed E-state index contributed by atoms with van der Waals surface area (Å²) < 4.78 is 3.68. The molecular weight excluding hydrogens is 336 g/mol. The Bertz CT molecular complexity index is 1060. The fourth-order valence-electron chi connectivity index (χ4n) is 2.95. The zero-order valence-electron chi connectivity index (χ0n) is 14.6. The number of fused-ring (bicyclic) bond motifs is 1. The van der Waals surface area contributed by atoms with E-state index in [2.05, 4.69) is 4.98 Å². The van der Waals surface area contributed by atoms with Gasteiger partial charge in [-0.25, -0.2) is 9.78 Å². The van der Waals surface area contributed by atoms with Gasteiger partial charge >= 0.3 is 5.69 Å². The fraction of sp³-hybridized carbons (Fsp3) is 0.333. The molecule has 8 heteroatoms. The number of hydrogen-bond donors (Lipinski definition) is 0. The number of carbonyl (C=O) groups excluding carboxylic acids is 1. The summed E-state index contributed by atoms with van der Waals surface area (Å²) in [5.74, 6) is -1.25. The van der Waals surface area contributed by atoms with E-state index in [1.807, 2.05) is 44.2 Å². The maximum Gasteiger partial charge on any atom is 0.333 e. The van der Waals surface area contributed by atoms with Crippen LogP contribution in [0.3, 0.4) is 0 Å². The van der Waals surface area contributed by atoms with Gasteiger partial charge in [-0.05, 0) is 11.5 Å². The molecule has 0 saturated heterocycles. The number of hydrogen-bond acceptors (Lipinski definition) is 5. The highest BCUT2D eigenvalue weighted by Gasteiger charge is 2.18. The van der Waals surface area contributed by atoms with E-state index in [4.69, 9.17) is 0 Å². The van der Waals surface area contributed by atoms with Crippen LogP contribution in [-0.4, -0.2) is 24.7 Å². The van der Waals surface area contributed by atoms with Gasteiger partial charge in [-0.1, -0.05) is 44.2 Å². The Hall–Kier alpha value is -3.16. The standard InChI is InChI=1S/C18H20N4O4/c1-12(2)8-20-11-19-16-15(20)17(25)22(10-14(23)24)18(26)21(16)9-13-6-4-3-5-7-13/h3-7,11-12H,8-10H2,1-2H3,(H,23,24)/p-1. The van der Waals surface area contributed by atoms with Crippen molar-refractivity contribution in [3.63, 3.8) is 0 Å². The van der Waals surface area contributed by atoms with Gasteiger partial charge in [-0.3, -0.25) is 13.9 Å². The lowest BCUT2D eigenvalue weighted by Crippen LogP contribution is -2.45. The molecule has 0 spiro atoms. The first-order valence-electron chi connectivity index (χ1n) is 8.30. The highest BCUT2D eigenvalue weighted by molar-refractivity contribution is 5.71. The minimum atomic E-state index is -1.50. The predicted molar refractivity (Wildman–Crippen MR) is 93.6 cm³/mol. The van der Waals surface area contributed by atoms with Gasteiger partial charge in [-0.15, -0.1) is 0 Å². The Morgan fingerprint density at radius 1 is 1.15 bits per heavy atom. The molecule has 0 fully saturated rings. The maximum absolute atomic E-state index is 12.8. The minimum absolute atomic E-state index is 0.183. The summed E-state index contributed by atoms with van der Waals surface area (Å²) in [5, 5.41) is 11.0. The van der Waals surface area contributed by atoms with Crippen LogP contribution in [0, 0.1) is 5.92 Å². The van der Waals surface area contributed by atoms with E-state index >= 15 is 0 Å². The summed E-state index contributed by atoms with van der Waals surface area (Å²) in [6.07, 6.45) is 1.51. The molecule has 136 valence electrons. The molecule has 3 rings (SSSR count). The molecule has 0 aliphatic rings. The molecular formula is C18H19N4O4-. The molecule has 0 unspecified atom stereocenters. The number of rotatable bonds is 6. The van der Waals surface area contributed by atoms with Gasteiger partial charge in [0.1, 0.15) is 0 Å². The molecule has 3 aromatic rings.